The van der Waals surface area contributed by atoms with E-state index < -0.39 is 9.84 Å². The van der Waals surface area contributed by atoms with E-state index >= 15 is 0 Å². The lowest BCUT2D eigenvalue weighted by atomic mass is 10.1. The maximum absolute atomic E-state index is 12.2. The summed E-state index contributed by atoms with van der Waals surface area (Å²) < 4.78 is 24.3. The van der Waals surface area contributed by atoms with Crippen LogP contribution in [0.4, 0.5) is 5.69 Å². The Kier molecular flexibility index (Phi) is 4.57. The van der Waals surface area contributed by atoms with Gasteiger partial charge in [0.05, 0.1) is 23.6 Å². The van der Waals surface area contributed by atoms with Crippen molar-refractivity contribution < 1.29 is 8.42 Å². The molecule has 0 radical (unpaired) electrons. The number of hydrogen-bond donors (Lipinski definition) is 0. The third-order valence-electron chi connectivity index (χ3n) is 4.94. The van der Waals surface area contributed by atoms with Crippen LogP contribution in [0, 0.1) is 13.8 Å². The van der Waals surface area contributed by atoms with E-state index in [-0.39, 0.29) is 23.6 Å². The molecule has 4 nitrogen and oxygen atoms in total. The van der Waals surface area contributed by atoms with Gasteiger partial charge in [-0.25, -0.2) is 8.42 Å². The molecule has 2 aliphatic rings. The Morgan fingerprint density at radius 3 is 2.65 bits per heavy atom. The van der Waals surface area contributed by atoms with Crippen molar-refractivity contribution >= 4 is 32.5 Å². The zero-order valence-corrected chi connectivity index (χ0v) is 16.6. The zero-order valence-electron chi connectivity index (χ0n) is 14.9. The fraction of sp³-hybridized carbons (Fsp3) is 0.350. The van der Waals surface area contributed by atoms with Crippen molar-refractivity contribution in [3.63, 3.8) is 0 Å². The van der Waals surface area contributed by atoms with E-state index in [1.165, 1.54) is 11.1 Å². The van der Waals surface area contributed by atoms with Crippen molar-refractivity contribution in [1.82, 2.24) is 0 Å². The molecule has 2 atom stereocenters. The average Bonchev–Trinajstić information content (AvgIpc) is 3.07. The standard InChI is InChI=1S/C20H22N2O2S2/c1-14-8-9-15(2)18(10-14)22-19-13-26(23,24)12-17(19)21-20(22)25-11-16-6-4-3-5-7-16/h3-10,17,19H,11-13H2,1-2H3. The quantitative estimate of drug-likeness (QED) is 0.809. The smallest absolute Gasteiger partial charge is 0.164 e. The molecule has 4 rings (SSSR count). The molecule has 2 heterocycles. The highest BCUT2D eigenvalue weighted by Gasteiger charge is 2.47. The molecule has 2 aliphatic heterocycles. The number of sulfone groups is 1. The molecule has 0 amide bonds. The van der Waals surface area contributed by atoms with Crippen molar-refractivity contribution in [1.29, 1.82) is 0 Å². The predicted molar refractivity (Wildman–Crippen MR) is 110 cm³/mol. The Bertz CT molecular complexity index is 955. The summed E-state index contributed by atoms with van der Waals surface area (Å²) in [4.78, 5) is 6.99. The normalized spacial score (nSPS) is 23.8. The summed E-state index contributed by atoms with van der Waals surface area (Å²) in [5.41, 5.74) is 4.63. The highest BCUT2D eigenvalue weighted by Crippen LogP contribution is 2.37. The van der Waals surface area contributed by atoms with Crippen molar-refractivity contribution in [2.24, 2.45) is 4.99 Å². The number of hydrogen-bond acceptors (Lipinski definition) is 5. The molecule has 136 valence electrons. The molecule has 0 aliphatic carbocycles. The number of aliphatic imine (C=N–C) groups is 1. The van der Waals surface area contributed by atoms with Crippen LogP contribution in [0.3, 0.4) is 0 Å². The molecule has 0 aromatic heterocycles. The van der Waals surface area contributed by atoms with E-state index in [4.69, 9.17) is 4.99 Å². The van der Waals surface area contributed by atoms with Gasteiger partial charge in [-0.1, -0.05) is 54.2 Å². The first kappa shape index (κ1) is 17.6. The number of rotatable bonds is 3. The monoisotopic (exact) mass is 386 g/mol. The van der Waals surface area contributed by atoms with E-state index in [0.29, 0.717) is 0 Å². The van der Waals surface area contributed by atoms with Gasteiger partial charge in [0.25, 0.3) is 0 Å². The average molecular weight is 387 g/mol. The summed E-state index contributed by atoms with van der Waals surface area (Å²) >= 11 is 1.69. The first-order valence-corrected chi connectivity index (χ1v) is 11.5. The number of thioether (sulfide) groups is 1. The van der Waals surface area contributed by atoms with Gasteiger partial charge in [-0.15, -0.1) is 0 Å². The number of benzene rings is 2. The van der Waals surface area contributed by atoms with Gasteiger partial charge in [-0.05, 0) is 36.6 Å². The molecule has 1 saturated heterocycles. The van der Waals surface area contributed by atoms with E-state index in [9.17, 15) is 8.42 Å². The van der Waals surface area contributed by atoms with Crippen molar-refractivity contribution in [3.8, 4) is 0 Å². The van der Waals surface area contributed by atoms with E-state index in [0.717, 1.165) is 22.2 Å². The van der Waals surface area contributed by atoms with Crippen LogP contribution in [-0.2, 0) is 15.6 Å². The Morgan fingerprint density at radius 1 is 1.12 bits per heavy atom. The van der Waals surface area contributed by atoms with Crippen molar-refractivity contribution in [3.05, 3.63) is 65.2 Å². The fourth-order valence-corrected chi connectivity index (χ4v) is 6.53. The van der Waals surface area contributed by atoms with Crippen LogP contribution < -0.4 is 4.90 Å². The van der Waals surface area contributed by atoms with Crippen LogP contribution >= 0.6 is 11.8 Å². The van der Waals surface area contributed by atoms with Gasteiger partial charge in [0.15, 0.2) is 15.0 Å². The van der Waals surface area contributed by atoms with Crippen LogP contribution in [0.1, 0.15) is 16.7 Å². The summed E-state index contributed by atoms with van der Waals surface area (Å²) in [7, 11) is -3.02. The van der Waals surface area contributed by atoms with Gasteiger partial charge in [0.1, 0.15) is 0 Å². The summed E-state index contributed by atoms with van der Waals surface area (Å²) in [6.45, 7) is 4.14. The SMILES string of the molecule is Cc1ccc(C)c(N2C(SCc3ccccc3)=NC3CS(=O)(=O)CC32)c1. The summed E-state index contributed by atoms with van der Waals surface area (Å²) in [6.07, 6.45) is 0. The number of nitrogens with zero attached hydrogens (tertiary/aromatic N) is 2. The topological polar surface area (TPSA) is 49.7 Å². The maximum atomic E-state index is 12.2. The Balaban J connectivity index is 1.67. The molecule has 0 bridgehead atoms. The minimum atomic E-state index is -3.02. The van der Waals surface area contributed by atoms with Gasteiger partial charge in [0.2, 0.25) is 0 Å². The number of anilines is 1. The van der Waals surface area contributed by atoms with Crippen molar-refractivity contribution in [2.45, 2.75) is 31.7 Å². The van der Waals surface area contributed by atoms with Gasteiger partial charge in [-0.2, -0.15) is 0 Å². The van der Waals surface area contributed by atoms with E-state index in [2.05, 4.69) is 49.1 Å². The lowest BCUT2D eigenvalue weighted by molar-refractivity contribution is 0.601. The number of amidine groups is 1. The van der Waals surface area contributed by atoms with Crippen molar-refractivity contribution in [2.75, 3.05) is 16.4 Å². The van der Waals surface area contributed by atoms with Crippen LogP contribution in [0.2, 0.25) is 0 Å². The number of aryl methyl sites for hydroxylation is 2. The third-order valence-corrected chi connectivity index (χ3v) is 7.68. The molecule has 26 heavy (non-hydrogen) atoms. The van der Waals surface area contributed by atoms with E-state index in [1.54, 1.807) is 11.8 Å². The third kappa shape index (κ3) is 3.40. The zero-order chi connectivity index (χ0) is 18.3. The van der Waals surface area contributed by atoms with E-state index in [1.807, 2.05) is 18.2 Å². The molecule has 6 heteroatoms. The fourth-order valence-electron chi connectivity index (χ4n) is 3.62. The Labute approximate surface area is 159 Å². The summed E-state index contributed by atoms with van der Waals surface area (Å²) in [6, 6.07) is 16.4. The van der Waals surface area contributed by atoms with Crippen LogP contribution in [0.15, 0.2) is 53.5 Å². The minimum Gasteiger partial charge on any atom is -0.315 e. The summed E-state index contributed by atoms with van der Waals surface area (Å²) in [5, 5.41) is 0.937. The van der Waals surface area contributed by atoms with Gasteiger partial charge in [0, 0.05) is 11.4 Å². The molecule has 0 N–H and O–H groups in total. The molecular weight excluding hydrogens is 364 g/mol. The highest BCUT2D eigenvalue weighted by molar-refractivity contribution is 8.13. The second-order valence-corrected chi connectivity index (χ2v) is 10.2. The van der Waals surface area contributed by atoms with Gasteiger partial charge in [-0.3, -0.25) is 4.99 Å². The highest BCUT2D eigenvalue weighted by atomic mass is 32.2. The predicted octanol–water partition coefficient (Wildman–Crippen LogP) is 3.58. The van der Waals surface area contributed by atoms with Gasteiger partial charge >= 0.3 is 0 Å². The van der Waals surface area contributed by atoms with Gasteiger partial charge < -0.3 is 4.90 Å². The lowest BCUT2D eigenvalue weighted by Gasteiger charge is -2.28. The molecule has 0 spiro atoms. The number of fused-ring (bicyclic) bond motifs is 1. The van der Waals surface area contributed by atoms with Crippen LogP contribution in [0.5, 0.6) is 0 Å². The lowest BCUT2D eigenvalue weighted by Crippen LogP contribution is -2.39. The molecule has 1 fully saturated rings. The first-order valence-electron chi connectivity index (χ1n) is 8.74. The second-order valence-electron chi connectivity index (χ2n) is 7.06. The second kappa shape index (κ2) is 6.74. The molecular formula is C20H22N2O2S2. The molecule has 2 unspecified atom stereocenters. The molecule has 2 aromatic rings. The van der Waals surface area contributed by atoms with Crippen LogP contribution in [-0.4, -0.2) is 37.2 Å². The van der Waals surface area contributed by atoms with Crippen LogP contribution in [0.25, 0.3) is 0 Å². The Hall–Kier alpha value is -1.79. The summed E-state index contributed by atoms with van der Waals surface area (Å²) in [5.74, 6) is 1.17. The molecule has 2 aromatic carbocycles. The largest absolute Gasteiger partial charge is 0.315 e. The minimum absolute atomic E-state index is 0.0845. The molecule has 0 saturated carbocycles. The maximum Gasteiger partial charge on any atom is 0.164 e. The Morgan fingerprint density at radius 2 is 1.88 bits per heavy atom. The first-order chi connectivity index (χ1) is 12.4.